The molecule has 78 valence electrons. The monoisotopic (exact) mass is 216 g/mol. The first kappa shape index (κ1) is 13.1. The number of rotatable bonds is 1. The largest absolute Gasteiger partial charge is 0.466 e. The molecule has 1 aromatic rings. The van der Waals surface area contributed by atoms with Crippen LogP contribution in [0.3, 0.4) is 0 Å². The Bertz CT molecular complexity index is 307. The molecule has 0 aliphatic carbocycles. The summed E-state index contributed by atoms with van der Waals surface area (Å²) in [5, 5.41) is 0. The zero-order valence-electron chi connectivity index (χ0n) is 7.74. The van der Waals surface area contributed by atoms with Gasteiger partial charge in [0, 0.05) is 0 Å². The maximum absolute atomic E-state index is 8.88. The summed E-state index contributed by atoms with van der Waals surface area (Å²) in [6, 6.07) is 10.3. The van der Waals surface area contributed by atoms with Crippen LogP contribution in [0.25, 0.3) is 6.08 Å². The molecule has 14 heavy (non-hydrogen) atoms. The highest BCUT2D eigenvalue weighted by atomic mass is 31.2. The van der Waals surface area contributed by atoms with Gasteiger partial charge in [-0.1, -0.05) is 42.5 Å². The molecule has 0 aromatic heterocycles. The van der Waals surface area contributed by atoms with E-state index in [2.05, 4.69) is 18.2 Å². The topological polar surface area (TPSA) is 77.8 Å². The van der Waals surface area contributed by atoms with Gasteiger partial charge < -0.3 is 14.7 Å². The first-order valence-electron chi connectivity index (χ1n) is 3.89. The van der Waals surface area contributed by atoms with Crippen LogP contribution < -0.4 is 0 Å². The molecule has 0 heterocycles. The van der Waals surface area contributed by atoms with Crippen molar-refractivity contribution in [2.24, 2.45) is 0 Å². The molecule has 1 aromatic carbocycles. The second-order valence-electron chi connectivity index (χ2n) is 2.42. The molecule has 0 saturated carbocycles. The summed E-state index contributed by atoms with van der Waals surface area (Å²) >= 11 is 0. The summed E-state index contributed by atoms with van der Waals surface area (Å²) < 4.78 is 8.88. The van der Waals surface area contributed by atoms with E-state index in [0.29, 0.717) is 0 Å². The van der Waals surface area contributed by atoms with Gasteiger partial charge in [-0.3, -0.25) is 0 Å². The molecule has 5 heteroatoms. The predicted molar refractivity (Wildman–Crippen MR) is 55.4 cm³/mol. The smallest absolute Gasteiger partial charge is 0.303 e. The molecule has 0 spiro atoms. The third-order valence-corrected chi connectivity index (χ3v) is 1.16. The van der Waals surface area contributed by atoms with Crippen LogP contribution in [-0.2, 0) is 4.57 Å². The van der Waals surface area contributed by atoms with E-state index in [-0.39, 0.29) is 0 Å². The highest BCUT2D eigenvalue weighted by Crippen LogP contribution is 2.25. The van der Waals surface area contributed by atoms with Crippen molar-refractivity contribution in [3.63, 3.8) is 0 Å². The fraction of sp³-hybridized carbons (Fsp3) is 0.111. The zero-order valence-corrected chi connectivity index (χ0v) is 8.63. The first-order valence-corrected chi connectivity index (χ1v) is 5.46. The molecule has 0 unspecified atom stereocenters. The fourth-order valence-corrected chi connectivity index (χ4v) is 0.757. The summed E-state index contributed by atoms with van der Waals surface area (Å²) in [5.41, 5.74) is 1.26. The molecule has 0 atom stereocenters. The number of hydrogen-bond acceptors (Lipinski definition) is 1. The Morgan fingerprint density at radius 2 is 1.57 bits per heavy atom. The second kappa shape index (κ2) is 6.51. The second-order valence-corrected chi connectivity index (χ2v) is 3.45. The molecule has 0 saturated heterocycles. The van der Waals surface area contributed by atoms with Crippen LogP contribution in [0.1, 0.15) is 12.5 Å². The minimum Gasteiger partial charge on any atom is -0.303 e. The minimum absolute atomic E-state index is 1.26. The van der Waals surface area contributed by atoms with Crippen LogP contribution in [0.2, 0.25) is 0 Å². The van der Waals surface area contributed by atoms with E-state index in [1.54, 1.807) is 0 Å². The number of phosphoric acid groups is 1. The molecule has 4 nitrogen and oxygen atoms in total. The molecular formula is C9H13O4P. The zero-order chi connectivity index (χ0) is 11.0. The van der Waals surface area contributed by atoms with Gasteiger partial charge in [-0.15, -0.1) is 0 Å². The summed E-state index contributed by atoms with van der Waals surface area (Å²) in [6.07, 6.45) is 4.12. The third-order valence-electron chi connectivity index (χ3n) is 1.16. The molecule has 0 amide bonds. The van der Waals surface area contributed by atoms with Crippen molar-refractivity contribution in [3.8, 4) is 0 Å². The maximum Gasteiger partial charge on any atom is 0.466 e. The van der Waals surface area contributed by atoms with Gasteiger partial charge in [-0.25, -0.2) is 4.57 Å². The lowest BCUT2D eigenvalue weighted by Gasteiger charge is -1.86. The van der Waals surface area contributed by atoms with Crippen LogP contribution in [0.4, 0.5) is 0 Å². The minimum atomic E-state index is -4.64. The van der Waals surface area contributed by atoms with E-state index in [1.807, 2.05) is 31.2 Å². The van der Waals surface area contributed by atoms with Gasteiger partial charge in [0.1, 0.15) is 0 Å². The van der Waals surface area contributed by atoms with Crippen LogP contribution in [0.5, 0.6) is 0 Å². The number of allylic oxidation sites excluding steroid dienone is 1. The van der Waals surface area contributed by atoms with Crippen molar-refractivity contribution in [1.29, 1.82) is 0 Å². The number of benzene rings is 1. The Balaban J connectivity index is 0.000000292. The van der Waals surface area contributed by atoms with Gasteiger partial charge in [0.2, 0.25) is 0 Å². The highest BCUT2D eigenvalue weighted by Gasteiger charge is 2.00. The molecule has 1 rings (SSSR count). The Kier molecular flexibility index (Phi) is 6.08. The lowest BCUT2D eigenvalue weighted by Crippen LogP contribution is -1.66. The van der Waals surface area contributed by atoms with Gasteiger partial charge in [0.05, 0.1) is 0 Å². The third kappa shape index (κ3) is 11.1. The Hall–Kier alpha value is -0.930. The van der Waals surface area contributed by atoms with Gasteiger partial charge in [0.15, 0.2) is 0 Å². The van der Waals surface area contributed by atoms with Gasteiger partial charge in [0.25, 0.3) is 0 Å². The molecular weight excluding hydrogens is 203 g/mol. The summed E-state index contributed by atoms with van der Waals surface area (Å²) in [7, 11) is -4.64. The standard InChI is InChI=1S/C9H10.H3O4P/c1-2-6-9-7-4-3-5-8-9;1-5(2,3)4/h2-8H,1H3;(H3,1,2,3,4). The fourth-order valence-electron chi connectivity index (χ4n) is 0.757. The van der Waals surface area contributed by atoms with Crippen LogP contribution in [0.15, 0.2) is 36.4 Å². The number of hydrogen-bond donors (Lipinski definition) is 3. The maximum atomic E-state index is 8.88. The van der Waals surface area contributed by atoms with Crippen molar-refractivity contribution in [2.75, 3.05) is 0 Å². The lowest BCUT2D eigenvalue weighted by molar-refractivity contribution is 0.275. The van der Waals surface area contributed by atoms with Crippen LogP contribution >= 0.6 is 7.82 Å². The van der Waals surface area contributed by atoms with Crippen LogP contribution in [-0.4, -0.2) is 14.7 Å². The van der Waals surface area contributed by atoms with Gasteiger partial charge in [-0.2, -0.15) is 0 Å². The summed E-state index contributed by atoms with van der Waals surface area (Å²) in [4.78, 5) is 21.6. The average molecular weight is 216 g/mol. The Labute approximate surface area is 82.8 Å². The molecule has 0 fully saturated rings. The van der Waals surface area contributed by atoms with Crippen molar-refractivity contribution in [1.82, 2.24) is 0 Å². The lowest BCUT2D eigenvalue weighted by atomic mass is 10.2. The average Bonchev–Trinajstić information content (AvgIpc) is 2.03. The molecule has 3 N–H and O–H groups in total. The van der Waals surface area contributed by atoms with Crippen molar-refractivity contribution in [3.05, 3.63) is 42.0 Å². The normalized spacial score (nSPS) is 10.9. The summed E-state index contributed by atoms with van der Waals surface area (Å²) in [5.74, 6) is 0. The quantitative estimate of drug-likeness (QED) is 0.625. The Morgan fingerprint density at radius 1 is 1.14 bits per heavy atom. The van der Waals surface area contributed by atoms with Crippen molar-refractivity contribution >= 4 is 13.9 Å². The summed E-state index contributed by atoms with van der Waals surface area (Å²) in [6.45, 7) is 2.02. The van der Waals surface area contributed by atoms with E-state index in [9.17, 15) is 0 Å². The molecule has 0 aliphatic heterocycles. The Morgan fingerprint density at radius 3 is 1.93 bits per heavy atom. The van der Waals surface area contributed by atoms with Gasteiger partial charge >= 0.3 is 7.82 Å². The van der Waals surface area contributed by atoms with E-state index in [1.165, 1.54) is 5.56 Å². The SMILES string of the molecule is CC=Cc1ccccc1.O=P(O)(O)O. The predicted octanol–water partition coefficient (Wildman–Crippen LogP) is 1.79. The molecule has 0 bridgehead atoms. The first-order chi connectivity index (χ1) is 6.43. The molecule has 0 aliphatic rings. The van der Waals surface area contributed by atoms with Crippen molar-refractivity contribution in [2.45, 2.75) is 6.92 Å². The van der Waals surface area contributed by atoms with E-state index in [4.69, 9.17) is 19.2 Å². The van der Waals surface area contributed by atoms with Crippen LogP contribution in [0, 0.1) is 0 Å². The van der Waals surface area contributed by atoms with E-state index >= 15 is 0 Å². The van der Waals surface area contributed by atoms with Crippen molar-refractivity contribution < 1.29 is 19.2 Å². The van der Waals surface area contributed by atoms with E-state index in [0.717, 1.165) is 0 Å². The van der Waals surface area contributed by atoms with Gasteiger partial charge in [-0.05, 0) is 12.5 Å². The van der Waals surface area contributed by atoms with E-state index < -0.39 is 7.82 Å². The molecule has 0 radical (unpaired) electrons. The highest BCUT2D eigenvalue weighted by molar-refractivity contribution is 7.45.